The third-order valence-electron chi connectivity index (χ3n) is 7.23. The number of aromatic nitrogens is 2. The van der Waals surface area contributed by atoms with Gasteiger partial charge in [-0.2, -0.15) is 0 Å². The summed E-state index contributed by atoms with van der Waals surface area (Å²) in [5.41, 5.74) is 5.33. The third kappa shape index (κ3) is 4.30. The van der Waals surface area contributed by atoms with Gasteiger partial charge in [0.15, 0.2) is 0 Å². The van der Waals surface area contributed by atoms with Crippen molar-refractivity contribution >= 4 is 34.3 Å². The number of fused-ring (bicyclic) bond motifs is 1. The summed E-state index contributed by atoms with van der Waals surface area (Å²) in [6.45, 7) is 8.14. The van der Waals surface area contributed by atoms with Crippen LogP contribution in [0.3, 0.4) is 0 Å². The van der Waals surface area contributed by atoms with Crippen molar-refractivity contribution in [3.05, 3.63) is 52.4 Å². The highest BCUT2D eigenvalue weighted by Crippen LogP contribution is 2.49. The maximum atomic E-state index is 12.5. The van der Waals surface area contributed by atoms with Gasteiger partial charge >= 0.3 is 6.09 Å². The van der Waals surface area contributed by atoms with Crippen LogP contribution in [0.4, 0.5) is 10.6 Å². The highest BCUT2D eigenvalue weighted by molar-refractivity contribution is 6.35. The number of amides is 1. The number of anilines is 1. The zero-order valence-corrected chi connectivity index (χ0v) is 20.1. The number of pyridine rings is 2. The van der Waals surface area contributed by atoms with Gasteiger partial charge in [0.1, 0.15) is 11.9 Å². The van der Waals surface area contributed by atoms with Crippen LogP contribution in [-0.2, 0) is 4.74 Å². The predicted octanol–water partition coefficient (Wildman–Crippen LogP) is 5.96. The van der Waals surface area contributed by atoms with Gasteiger partial charge < -0.3 is 10.1 Å². The average Bonchev–Trinajstić information content (AvgIpc) is 2.76. The average molecular weight is 465 g/mol. The normalized spacial score (nSPS) is 17.7. The van der Waals surface area contributed by atoms with Gasteiger partial charge in [-0.25, -0.2) is 9.78 Å². The number of hydrogen-bond donors (Lipinski definition) is 2. The quantitative estimate of drug-likeness (QED) is 0.500. The minimum atomic E-state index is -0.444. The van der Waals surface area contributed by atoms with Crippen LogP contribution in [0.15, 0.2) is 30.6 Å². The molecule has 2 fully saturated rings. The number of rotatable bonds is 3. The number of ether oxygens (including phenoxy) is 1. The number of nitrogens with one attached hydrogen (secondary N) is 2. The molecule has 7 heteroatoms. The van der Waals surface area contributed by atoms with E-state index in [1.165, 1.54) is 12.8 Å². The molecule has 1 amide bonds. The number of benzene rings is 1. The molecule has 3 aromatic rings. The van der Waals surface area contributed by atoms with Crippen LogP contribution in [0.2, 0.25) is 5.02 Å². The zero-order valence-electron chi connectivity index (χ0n) is 19.3. The third-order valence-corrected chi connectivity index (χ3v) is 7.72. The highest BCUT2D eigenvalue weighted by Gasteiger charge is 2.46. The van der Waals surface area contributed by atoms with Crippen molar-refractivity contribution in [2.75, 3.05) is 18.4 Å². The van der Waals surface area contributed by atoms with Crippen LogP contribution in [0.25, 0.3) is 21.9 Å². The molecule has 1 saturated carbocycles. The largest absolute Gasteiger partial charge is 0.446 e. The van der Waals surface area contributed by atoms with Gasteiger partial charge in [0.25, 0.3) is 0 Å². The smallest absolute Gasteiger partial charge is 0.413 e. The molecule has 1 aromatic carbocycles. The number of halogens is 1. The van der Waals surface area contributed by atoms with Crippen LogP contribution in [0.5, 0.6) is 0 Å². The number of carbonyl (C=O) groups is 1. The van der Waals surface area contributed by atoms with Gasteiger partial charge in [0.2, 0.25) is 0 Å². The van der Waals surface area contributed by atoms with Crippen molar-refractivity contribution < 1.29 is 9.53 Å². The fraction of sp³-hybridized carbons (Fsp3) is 0.423. The molecule has 2 aliphatic rings. The Bertz CT molecular complexity index is 1230. The Balaban J connectivity index is 1.34. The summed E-state index contributed by atoms with van der Waals surface area (Å²) >= 11 is 6.73. The molecule has 0 atom stereocenters. The van der Waals surface area contributed by atoms with E-state index < -0.39 is 6.09 Å². The second-order valence-electron chi connectivity index (χ2n) is 9.60. The molecule has 1 saturated heterocycles. The van der Waals surface area contributed by atoms with E-state index in [4.69, 9.17) is 16.3 Å². The first kappa shape index (κ1) is 22.1. The van der Waals surface area contributed by atoms with Crippen molar-refractivity contribution in [1.29, 1.82) is 0 Å². The minimum Gasteiger partial charge on any atom is -0.446 e. The van der Waals surface area contributed by atoms with Crippen LogP contribution < -0.4 is 10.6 Å². The number of hydrogen-bond acceptors (Lipinski definition) is 5. The molecular weight excluding hydrogens is 436 g/mol. The molecule has 33 heavy (non-hydrogen) atoms. The molecule has 1 spiro atoms. The summed E-state index contributed by atoms with van der Waals surface area (Å²) in [7, 11) is 0. The van der Waals surface area contributed by atoms with E-state index in [-0.39, 0.29) is 6.10 Å². The second kappa shape index (κ2) is 8.58. The predicted molar refractivity (Wildman–Crippen MR) is 132 cm³/mol. The minimum absolute atomic E-state index is 0.00628. The number of carbonyl (C=O) groups excluding carboxylic acids is 1. The molecule has 2 aromatic heterocycles. The zero-order chi connectivity index (χ0) is 23.2. The second-order valence-corrected chi connectivity index (χ2v) is 9.98. The molecule has 0 bridgehead atoms. The van der Waals surface area contributed by atoms with E-state index in [0.29, 0.717) is 16.3 Å². The van der Waals surface area contributed by atoms with E-state index in [9.17, 15) is 4.79 Å². The molecule has 1 aliphatic heterocycles. The Hall–Kier alpha value is -2.70. The highest BCUT2D eigenvalue weighted by atomic mass is 35.5. The van der Waals surface area contributed by atoms with Crippen molar-refractivity contribution in [3.8, 4) is 11.1 Å². The molecule has 3 heterocycles. The Morgan fingerprint density at radius 1 is 1.09 bits per heavy atom. The topological polar surface area (TPSA) is 76.1 Å². The fourth-order valence-electron chi connectivity index (χ4n) is 5.33. The first-order chi connectivity index (χ1) is 15.8. The maximum absolute atomic E-state index is 12.5. The van der Waals surface area contributed by atoms with Crippen LogP contribution in [0, 0.1) is 26.2 Å². The van der Waals surface area contributed by atoms with Gasteiger partial charge in [-0.15, -0.1) is 0 Å². The summed E-state index contributed by atoms with van der Waals surface area (Å²) in [5.74, 6) is 0.467. The molecular formula is C26H29ClN4O2. The van der Waals surface area contributed by atoms with E-state index >= 15 is 0 Å². The monoisotopic (exact) mass is 464 g/mol. The lowest BCUT2D eigenvalue weighted by Gasteiger charge is -2.49. The SMILES string of the molecule is Cc1cc(C)c(-c2cc3cc(NC(=O)OC4CC5(CCNCC5)C4)ncc3c(C)c2Cl)cn1. The van der Waals surface area contributed by atoms with Crippen LogP contribution in [-0.4, -0.2) is 35.3 Å². The van der Waals surface area contributed by atoms with Crippen molar-refractivity contribution in [2.24, 2.45) is 5.41 Å². The van der Waals surface area contributed by atoms with Crippen molar-refractivity contribution in [2.45, 2.75) is 52.6 Å². The van der Waals surface area contributed by atoms with Crippen molar-refractivity contribution in [3.63, 3.8) is 0 Å². The van der Waals surface area contributed by atoms with Crippen molar-refractivity contribution in [1.82, 2.24) is 15.3 Å². The van der Waals surface area contributed by atoms with E-state index in [1.807, 2.05) is 32.2 Å². The number of piperidine rings is 1. The standard InChI is InChI=1S/C26H29ClN4O2/c1-15-8-16(2)29-13-21(15)20-9-18-10-23(30-14-22(18)17(3)24(20)27)31-25(32)33-19-11-26(12-19)4-6-28-7-5-26/h8-10,13-14,19,28H,4-7,11-12H2,1-3H3,(H,30,31,32). The molecule has 5 rings (SSSR count). The van der Waals surface area contributed by atoms with Gasteiger partial charge in [-0.1, -0.05) is 11.6 Å². The van der Waals surface area contributed by atoms with Gasteiger partial charge in [-0.05, 0) is 99.7 Å². The summed E-state index contributed by atoms with van der Waals surface area (Å²) in [6.07, 6.45) is 7.41. The fourth-order valence-corrected chi connectivity index (χ4v) is 5.58. The van der Waals surface area contributed by atoms with Crippen LogP contribution >= 0.6 is 11.6 Å². The van der Waals surface area contributed by atoms with Crippen LogP contribution in [0.1, 0.15) is 42.5 Å². The van der Waals surface area contributed by atoms with E-state index in [1.54, 1.807) is 6.20 Å². The Labute approximate surface area is 199 Å². The van der Waals surface area contributed by atoms with Gasteiger partial charge in [0.05, 0.1) is 5.02 Å². The number of nitrogens with zero attached hydrogens (tertiary/aromatic N) is 2. The molecule has 1 aliphatic carbocycles. The molecule has 0 unspecified atom stereocenters. The summed E-state index contributed by atoms with van der Waals surface area (Å²) < 4.78 is 5.65. The molecule has 172 valence electrons. The van der Waals surface area contributed by atoms with E-state index in [0.717, 1.165) is 64.7 Å². The first-order valence-corrected chi connectivity index (χ1v) is 11.9. The first-order valence-electron chi connectivity index (χ1n) is 11.5. The Morgan fingerprint density at radius 3 is 2.58 bits per heavy atom. The maximum Gasteiger partial charge on any atom is 0.413 e. The van der Waals surface area contributed by atoms with Gasteiger partial charge in [0, 0.05) is 34.6 Å². The van der Waals surface area contributed by atoms with E-state index in [2.05, 4.69) is 33.6 Å². The lowest BCUT2D eigenvalue weighted by molar-refractivity contribution is -0.0539. The summed E-state index contributed by atoms with van der Waals surface area (Å²) in [6, 6.07) is 5.96. The summed E-state index contributed by atoms with van der Waals surface area (Å²) in [4.78, 5) is 21.4. The molecule has 2 N–H and O–H groups in total. The molecule has 0 radical (unpaired) electrons. The number of aryl methyl sites for hydroxylation is 3. The molecule has 6 nitrogen and oxygen atoms in total. The summed E-state index contributed by atoms with van der Waals surface area (Å²) in [5, 5.41) is 8.80. The Morgan fingerprint density at radius 2 is 1.85 bits per heavy atom. The lowest BCUT2D eigenvalue weighted by Crippen LogP contribution is -2.49. The Kier molecular flexibility index (Phi) is 5.75. The lowest BCUT2D eigenvalue weighted by atomic mass is 9.62. The van der Waals surface area contributed by atoms with Gasteiger partial charge in [-0.3, -0.25) is 10.3 Å².